The number of nitrogens with zero attached hydrogens (tertiary/aromatic N) is 5. The lowest BCUT2D eigenvalue weighted by Gasteiger charge is -2.19. The summed E-state index contributed by atoms with van der Waals surface area (Å²) < 4.78 is 8.51. The van der Waals surface area contributed by atoms with Crippen molar-refractivity contribution in [3.8, 4) is 17.1 Å². The molecule has 0 saturated carbocycles. The summed E-state index contributed by atoms with van der Waals surface area (Å²) in [7, 11) is 0. The van der Waals surface area contributed by atoms with E-state index in [-0.39, 0.29) is 5.41 Å². The number of benzene rings is 1. The van der Waals surface area contributed by atoms with Gasteiger partial charge in [-0.15, -0.1) is 10.2 Å². The fourth-order valence-corrected chi connectivity index (χ4v) is 3.74. The summed E-state index contributed by atoms with van der Waals surface area (Å²) in [6, 6.07) is 10.1. The number of rotatable bonds is 4. The maximum absolute atomic E-state index is 5.89. The molecule has 0 aliphatic rings. The second kappa shape index (κ2) is 7.01. The third-order valence-electron chi connectivity index (χ3n) is 4.08. The molecule has 1 aromatic carbocycles. The van der Waals surface area contributed by atoms with Crippen molar-refractivity contribution in [2.24, 2.45) is 0 Å². The van der Waals surface area contributed by atoms with Crippen LogP contribution in [0.5, 0.6) is 5.75 Å². The molecule has 0 fully saturated rings. The lowest BCUT2D eigenvalue weighted by Crippen LogP contribution is -2.10. The first kappa shape index (κ1) is 18.1. The Labute approximate surface area is 169 Å². The van der Waals surface area contributed by atoms with E-state index in [4.69, 9.17) is 4.74 Å². The van der Waals surface area contributed by atoms with Crippen molar-refractivity contribution in [3.63, 3.8) is 0 Å². The predicted octanol–water partition coefficient (Wildman–Crippen LogP) is 4.89. The smallest absolute Gasteiger partial charge is 0.235 e. The molecule has 8 heteroatoms. The van der Waals surface area contributed by atoms with E-state index < -0.39 is 0 Å². The minimum atomic E-state index is 0.129. The van der Waals surface area contributed by atoms with E-state index >= 15 is 0 Å². The Morgan fingerprint density at radius 3 is 2.59 bits per heavy atom. The highest BCUT2D eigenvalue weighted by Crippen LogP contribution is 2.26. The molecule has 0 bridgehead atoms. The van der Waals surface area contributed by atoms with Gasteiger partial charge >= 0.3 is 0 Å². The van der Waals surface area contributed by atoms with Crippen LogP contribution in [0.25, 0.3) is 16.3 Å². The third kappa shape index (κ3) is 3.86. The molecule has 0 saturated heterocycles. The third-order valence-corrected chi connectivity index (χ3v) is 5.38. The van der Waals surface area contributed by atoms with E-state index in [1.54, 1.807) is 16.9 Å². The van der Waals surface area contributed by atoms with Gasteiger partial charge in [0, 0.05) is 22.4 Å². The number of hydrogen-bond donors (Lipinski definition) is 0. The Hall–Kier alpha value is -2.32. The average molecular weight is 444 g/mol. The van der Waals surface area contributed by atoms with Gasteiger partial charge in [-0.1, -0.05) is 44.2 Å². The van der Waals surface area contributed by atoms with Crippen LogP contribution in [0.1, 0.15) is 31.3 Å². The molecule has 0 aliphatic heterocycles. The highest BCUT2D eigenvalue weighted by molar-refractivity contribution is 9.10. The molecule has 0 atom stereocenters. The minimum absolute atomic E-state index is 0.129. The summed E-state index contributed by atoms with van der Waals surface area (Å²) in [5, 5.41) is 13.9. The van der Waals surface area contributed by atoms with Crippen LogP contribution in [0.2, 0.25) is 0 Å². The number of ether oxygens (including phenoxy) is 1. The molecule has 3 aromatic heterocycles. The zero-order chi connectivity index (χ0) is 19.0. The van der Waals surface area contributed by atoms with Crippen molar-refractivity contribution >= 4 is 32.2 Å². The summed E-state index contributed by atoms with van der Waals surface area (Å²) >= 11 is 4.89. The Morgan fingerprint density at radius 1 is 1.11 bits per heavy atom. The Balaban J connectivity index is 1.52. The lowest BCUT2D eigenvalue weighted by molar-refractivity contribution is 0.304. The number of fused-ring (bicyclic) bond motifs is 1. The molecule has 0 N–H and O–H groups in total. The van der Waals surface area contributed by atoms with Crippen molar-refractivity contribution in [2.45, 2.75) is 32.8 Å². The molecule has 4 rings (SSSR count). The standard InChI is InChI=1S/C19H18BrN5OS/c1-19(2,3)13-4-6-15(7-5-13)26-11-16-24-25-17(22-23-18(25)27-16)12-8-14(20)10-21-9-12/h4-10H,11H2,1-3H3. The van der Waals surface area contributed by atoms with Crippen LogP contribution in [0.15, 0.2) is 47.2 Å². The van der Waals surface area contributed by atoms with E-state index in [9.17, 15) is 0 Å². The first-order valence-electron chi connectivity index (χ1n) is 8.45. The molecule has 27 heavy (non-hydrogen) atoms. The molecule has 0 amide bonds. The molecule has 0 aliphatic carbocycles. The van der Waals surface area contributed by atoms with Crippen LogP contribution < -0.4 is 4.74 Å². The SMILES string of the molecule is CC(C)(C)c1ccc(OCc2nn3c(-c4cncc(Br)c4)nnc3s2)cc1. The summed E-state index contributed by atoms with van der Waals surface area (Å²) in [5.41, 5.74) is 2.26. The van der Waals surface area contributed by atoms with Gasteiger partial charge in [-0.3, -0.25) is 4.98 Å². The second-order valence-electron chi connectivity index (χ2n) is 7.17. The highest BCUT2D eigenvalue weighted by atomic mass is 79.9. The number of aromatic nitrogens is 5. The molecule has 4 aromatic rings. The van der Waals surface area contributed by atoms with Crippen molar-refractivity contribution in [3.05, 3.63) is 57.8 Å². The van der Waals surface area contributed by atoms with Gasteiger partial charge in [0.15, 0.2) is 10.8 Å². The maximum atomic E-state index is 5.89. The lowest BCUT2D eigenvalue weighted by atomic mass is 9.87. The van der Waals surface area contributed by atoms with Gasteiger partial charge in [-0.05, 0) is 45.1 Å². The Kier molecular flexibility index (Phi) is 4.69. The van der Waals surface area contributed by atoms with Crippen LogP contribution >= 0.6 is 27.3 Å². The molecule has 0 radical (unpaired) electrons. The van der Waals surface area contributed by atoms with Gasteiger partial charge in [0.2, 0.25) is 4.96 Å². The van der Waals surface area contributed by atoms with Crippen molar-refractivity contribution in [1.29, 1.82) is 0 Å². The van der Waals surface area contributed by atoms with E-state index in [1.165, 1.54) is 16.9 Å². The molecule has 3 heterocycles. The Bertz CT molecular complexity index is 1080. The number of hydrogen-bond acceptors (Lipinski definition) is 6. The minimum Gasteiger partial charge on any atom is -0.486 e. The summed E-state index contributed by atoms with van der Waals surface area (Å²) in [5.74, 6) is 1.49. The fraction of sp³-hybridized carbons (Fsp3) is 0.263. The van der Waals surface area contributed by atoms with E-state index in [0.717, 1.165) is 25.8 Å². The predicted molar refractivity (Wildman–Crippen MR) is 109 cm³/mol. The van der Waals surface area contributed by atoms with Gasteiger partial charge in [0.25, 0.3) is 0 Å². The largest absolute Gasteiger partial charge is 0.486 e. The zero-order valence-corrected chi connectivity index (χ0v) is 17.6. The summed E-state index contributed by atoms with van der Waals surface area (Å²) in [6.07, 6.45) is 3.47. The second-order valence-corrected chi connectivity index (χ2v) is 9.12. The Morgan fingerprint density at radius 2 is 1.89 bits per heavy atom. The van der Waals surface area contributed by atoms with Gasteiger partial charge in [0.1, 0.15) is 12.4 Å². The quantitative estimate of drug-likeness (QED) is 0.449. The molecular weight excluding hydrogens is 426 g/mol. The molecule has 6 nitrogen and oxygen atoms in total. The highest BCUT2D eigenvalue weighted by Gasteiger charge is 2.15. The van der Waals surface area contributed by atoms with E-state index in [1.807, 2.05) is 18.2 Å². The maximum Gasteiger partial charge on any atom is 0.235 e. The first-order valence-corrected chi connectivity index (χ1v) is 10.1. The number of pyridine rings is 1. The molecule has 0 unspecified atom stereocenters. The van der Waals surface area contributed by atoms with E-state index in [2.05, 4.69) is 69.1 Å². The van der Waals surface area contributed by atoms with Gasteiger partial charge < -0.3 is 4.74 Å². The van der Waals surface area contributed by atoms with Crippen molar-refractivity contribution in [1.82, 2.24) is 24.8 Å². The molecular formula is C19H18BrN5OS. The topological polar surface area (TPSA) is 65.2 Å². The van der Waals surface area contributed by atoms with Crippen LogP contribution in [0.4, 0.5) is 0 Å². The van der Waals surface area contributed by atoms with Crippen molar-refractivity contribution < 1.29 is 4.74 Å². The molecule has 138 valence electrons. The van der Waals surface area contributed by atoms with Crippen LogP contribution in [0, 0.1) is 0 Å². The van der Waals surface area contributed by atoms with Gasteiger partial charge in [-0.2, -0.15) is 9.61 Å². The van der Waals surface area contributed by atoms with Crippen LogP contribution in [-0.4, -0.2) is 24.8 Å². The normalized spacial score (nSPS) is 11.9. The summed E-state index contributed by atoms with van der Waals surface area (Å²) in [6.45, 7) is 6.97. The summed E-state index contributed by atoms with van der Waals surface area (Å²) in [4.78, 5) is 4.91. The fourth-order valence-electron chi connectivity index (χ4n) is 2.63. The van der Waals surface area contributed by atoms with E-state index in [0.29, 0.717) is 12.4 Å². The molecule has 0 spiro atoms. The monoisotopic (exact) mass is 443 g/mol. The van der Waals surface area contributed by atoms with Crippen LogP contribution in [-0.2, 0) is 12.0 Å². The number of halogens is 1. The van der Waals surface area contributed by atoms with Crippen molar-refractivity contribution in [2.75, 3.05) is 0 Å². The zero-order valence-electron chi connectivity index (χ0n) is 15.2. The first-order chi connectivity index (χ1) is 12.9. The van der Waals surface area contributed by atoms with Crippen LogP contribution in [0.3, 0.4) is 0 Å². The average Bonchev–Trinajstić information content (AvgIpc) is 3.19. The van der Waals surface area contributed by atoms with Gasteiger partial charge in [-0.25, -0.2) is 0 Å². The van der Waals surface area contributed by atoms with Gasteiger partial charge in [0.05, 0.1) is 0 Å².